The van der Waals surface area contributed by atoms with Crippen molar-refractivity contribution >= 4 is 27.5 Å². The Kier molecular flexibility index (Phi) is 5.97. The average Bonchev–Trinajstić information content (AvgIpc) is 3.38. The molecule has 2 aromatic carbocycles. The summed E-state index contributed by atoms with van der Waals surface area (Å²) in [5.41, 5.74) is 2.01. The summed E-state index contributed by atoms with van der Waals surface area (Å²) >= 11 is 1.73. The van der Waals surface area contributed by atoms with Gasteiger partial charge in [0.15, 0.2) is 11.5 Å². The number of carbonyl (C=O) groups excluding carboxylic acids is 1. The Hall–Kier alpha value is -2.64. The van der Waals surface area contributed by atoms with E-state index in [0.717, 1.165) is 35.5 Å². The first kappa shape index (κ1) is 19.7. The molecule has 0 radical (unpaired) electrons. The number of methoxy groups -OCH3 is 2. The fourth-order valence-corrected chi connectivity index (χ4v) is 4.90. The molecule has 1 fully saturated rings. The Labute approximate surface area is 174 Å². The number of aromatic nitrogens is 1. The summed E-state index contributed by atoms with van der Waals surface area (Å²) in [4.78, 5) is 19.6. The summed E-state index contributed by atoms with van der Waals surface area (Å²) < 4.78 is 11.8. The predicted octanol–water partition coefficient (Wildman–Crippen LogP) is 3.77. The van der Waals surface area contributed by atoms with E-state index in [1.165, 1.54) is 4.70 Å². The molecule has 7 heteroatoms. The van der Waals surface area contributed by atoms with Crippen molar-refractivity contribution in [1.82, 2.24) is 15.2 Å². The molecule has 1 aliphatic rings. The van der Waals surface area contributed by atoms with Gasteiger partial charge in [0.1, 0.15) is 5.01 Å². The fourth-order valence-electron chi connectivity index (χ4n) is 3.76. The minimum Gasteiger partial charge on any atom is -0.493 e. The first-order valence-electron chi connectivity index (χ1n) is 9.75. The minimum atomic E-state index is 0.0211. The molecule has 0 aliphatic carbocycles. The zero-order valence-corrected chi connectivity index (χ0v) is 17.5. The lowest BCUT2D eigenvalue weighted by Crippen LogP contribution is -2.36. The third-order valence-corrected chi connectivity index (χ3v) is 6.38. The van der Waals surface area contributed by atoms with Crippen LogP contribution in [0.25, 0.3) is 10.2 Å². The highest BCUT2D eigenvalue weighted by atomic mass is 32.1. The summed E-state index contributed by atoms with van der Waals surface area (Å²) in [5.74, 6) is 1.36. The highest BCUT2D eigenvalue weighted by molar-refractivity contribution is 7.18. The molecule has 0 unspecified atom stereocenters. The number of amides is 1. The summed E-state index contributed by atoms with van der Waals surface area (Å²) in [6, 6.07) is 14.1. The van der Waals surface area contributed by atoms with E-state index in [2.05, 4.69) is 16.3 Å². The average molecular weight is 412 g/mol. The van der Waals surface area contributed by atoms with Gasteiger partial charge in [0.25, 0.3) is 0 Å². The number of benzene rings is 2. The predicted molar refractivity (Wildman–Crippen MR) is 115 cm³/mol. The largest absolute Gasteiger partial charge is 0.493 e. The molecule has 1 aliphatic heterocycles. The number of nitrogens with one attached hydrogen (secondary N) is 1. The van der Waals surface area contributed by atoms with E-state index in [0.29, 0.717) is 24.6 Å². The van der Waals surface area contributed by atoms with Gasteiger partial charge in [0.05, 0.1) is 37.0 Å². The molecule has 29 heavy (non-hydrogen) atoms. The van der Waals surface area contributed by atoms with Gasteiger partial charge in [-0.2, -0.15) is 0 Å². The van der Waals surface area contributed by atoms with Crippen LogP contribution in [0.4, 0.5) is 0 Å². The Morgan fingerprint density at radius 2 is 2.03 bits per heavy atom. The topological polar surface area (TPSA) is 63.7 Å². The number of para-hydroxylation sites is 1. The molecule has 1 saturated heterocycles. The third-order valence-electron chi connectivity index (χ3n) is 5.24. The second-order valence-electron chi connectivity index (χ2n) is 7.11. The van der Waals surface area contributed by atoms with Crippen LogP contribution in [-0.4, -0.2) is 43.1 Å². The zero-order chi connectivity index (χ0) is 20.2. The van der Waals surface area contributed by atoms with E-state index >= 15 is 0 Å². The van der Waals surface area contributed by atoms with Crippen molar-refractivity contribution in [2.45, 2.75) is 25.4 Å². The van der Waals surface area contributed by atoms with Gasteiger partial charge >= 0.3 is 0 Å². The molecule has 4 rings (SSSR count). The highest BCUT2D eigenvalue weighted by Crippen LogP contribution is 2.36. The Balaban J connectivity index is 1.37. The van der Waals surface area contributed by atoms with Gasteiger partial charge in [0.2, 0.25) is 5.91 Å². The number of hydrogen-bond acceptors (Lipinski definition) is 6. The number of fused-ring (bicyclic) bond motifs is 1. The molecule has 2 heterocycles. The van der Waals surface area contributed by atoms with Crippen LogP contribution in [0.1, 0.15) is 29.5 Å². The van der Waals surface area contributed by atoms with Crippen molar-refractivity contribution in [2.75, 3.05) is 27.3 Å². The maximum atomic E-state index is 12.6. The minimum absolute atomic E-state index is 0.0211. The molecular weight excluding hydrogens is 386 g/mol. The molecular formula is C22H25N3O3S. The summed E-state index contributed by atoms with van der Waals surface area (Å²) in [5, 5.41) is 4.13. The van der Waals surface area contributed by atoms with Crippen molar-refractivity contribution in [3.8, 4) is 11.5 Å². The molecule has 1 amide bonds. The van der Waals surface area contributed by atoms with Crippen molar-refractivity contribution in [3.63, 3.8) is 0 Å². The third kappa shape index (κ3) is 4.36. The number of thiazole rings is 1. The number of nitrogens with zero attached hydrogens (tertiary/aromatic N) is 2. The maximum absolute atomic E-state index is 12.6. The van der Waals surface area contributed by atoms with Crippen molar-refractivity contribution in [1.29, 1.82) is 0 Å². The smallest absolute Gasteiger partial charge is 0.234 e. The second-order valence-corrected chi connectivity index (χ2v) is 8.18. The van der Waals surface area contributed by atoms with Crippen LogP contribution in [0.3, 0.4) is 0 Å². The Morgan fingerprint density at radius 3 is 2.83 bits per heavy atom. The van der Waals surface area contributed by atoms with Crippen LogP contribution in [0.15, 0.2) is 42.5 Å². The van der Waals surface area contributed by atoms with Crippen molar-refractivity contribution in [2.24, 2.45) is 0 Å². The maximum Gasteiger partial charge on any atom is 0.234 e. The summed E-state index contributed by atoms with van der Waals surface area (Å²) in [6.07, 6.45) is 2.13. The molecule has 1 N–H and O–H groups in total. The monoisotopic (exact) mass is 411 g/mol. The summed E-state index contributed by atoms with van der Waals surface area (Å²) in [7, 11) is 3.22. The van der Waals surface area contributed by atoms with Crippen LogP contribution in [0.5, 0.6) is 11.5 Å². The number of likely N-dealkylation sites (tertiary alicyclic amines) is 1. The quantitative estimate of drug-likeness (QED) is 0.641. The molecule has 6 nitrogen and oxygen atoms in total. The van der Waals surface area contributed by atoms with E-state index < -0.39 is 0 Å². The molecule has 0 spiro atoms. The van der Waals surface area contributed by atoms with Gasteiger partial charge in [-0.15, -0.1) is 11.3 Å². The Morgan fingerprint density at radius 1 is 1.21 bits per heavy atom. The zero-order valence-electron chi connectivity index (χ0n) is 16.7. The molecule has 0 bridgehead atoms. The molecule has 1 atom stereocenters. The number of ether oxygens (including phenoxy) is 2. The molecule has 3 aromatic rings. The highest BCUT2D eigenvalue weighted by Gasteiger charge is 2.29. The van der Waals surface area contributed by atoms with Gasteiger partial charge in [-0.25, -0.2) is 4.98 Å². The van der Waals surface area contributed by atoms with Gasteiger partial charge in [-0.1, -0.05) is 18.2 Å². The van der Waals surface area contributed by atoms with Gasteiger partial charge in [0, 0.05) is 6.54 Å². The van der Waals surface area contributed by atoms with Crippen molar-refractivity contribution in [3.05, 3.63) is 53.0 Å². The SMILES string of the molecule is COc1ccc(CNC(=O)CN2CCC[C@H]2c2nc3ccccc3s2)cc1OC. The van der Waals surface area contributed by atoms with Crippen LogP contribution in [-0.2, 0) is 11.3 Å². The van der Waals surface area contributed by atoms with Crippen LogP contribution in [0.2, 0.25) is 0 Å². The molecule has 0 saturated carbocycles. The van der Waals surface area contributed by atoms with Gasteiger partial charge in [-0.05, 0) is 49.2 Å². The van der Waals surface area contributed by atoms with E-state index in [9.17, 15) is 4.79 Å². The fraction of sp³-hybridized carbons (Fsp3) is 0.364. The van der Waals surface area contributed by atoms with Crippen LogP contribution in [0, 0.1) is 0 Å². The lowest BCUT2D eigenvalue weighted by Gasteiger charge is -2.22. The van der Waals surface area contributed by atoms with Gasteiger partial charge < -0.3 is 14.8 Å². The lowest BCUT2D eigenvalue weighted by atomic mass is 10.2. The van der Waals surface area contributed by atoms with Crippen LogP contribution < -0.4 is 14.8 Å². The lowest BCUT2D eigenvalue weighted by molar-refractivity contribution is -0.122. The standard InChI is InChI=1S/C22H25N3O3S/c1-27-18-10-9-15(12-19(18)28-2)13-23-21(26)14-25-11-5-7-17(25)22-24-16-6-3-4-8-20(16)29-22/h3-4,6,8-10,12,17H,5,7,11,13-14H2,1-2H3,(H,23,26)/t17-/m0/s1. The number of rotatable bonds is 7. The van der Waals surface area contributed by atoms with Gasteiger partial charge in [-0.3, -0.25) is 9.69 Å². The van der Waals surface area contributed by atoms with Crippen LogP contribution >= 0.6 is 11.3 Å². The first-order valence-corrected chi connectivity index (χ1v) is 10.6. The Bertz CT molecular complexity index is 971. The summed E-state index contributed by atoms with van der Waals surface area (Å²) in [6.45, 7) is 1.76. The van der Waals surface area contributed by atoms with E-state index in [4.69, 9.17) is 14.5 Å². The first-order chi connectivity index (χ1) is 14.2. The van der Waals surface area contributed by atoms with E-state index in [-0.39, 0.29) is 11.9 Å². The van der Waals surface area contributed by atoms with E-state index in [1.54, 1.807) is 25.6 Å². The van der Waals surface area contributed by atoms with Crippen molar-refractivity contribution < 1.29 is 14.3 Å². The van der Waals surface area contributed by atoms with E-state index in [1.807, 2.05) is 36.4 Å². The molecule has 152 valence electrons. The molecule has 1 aromatic heterocycles. The number of hydrogen-bond donors (Lipinski definition) is 1. The number of carbonyl (C=O) groups is 1. The normalized spacial score (nSPS) is 16.8. The second kappa shape index (κ2) is 8.80.